The van der Waals surface area contributed by atoms with Gasteiger partial charge in [-0.05, 0) is 50.7 Å². The van der Waals surface area contributed by atoms with Crippen molar-refractivity contribution in [1.29, 1.82) is 0 Å². The van der Waals surface area contributed by atoms with E-state index in [9.17, 15) is 9.18 Å². The van der Waals surface area contributed by atoms with Crippen LogP contribution in [0.25, 0.3) is 0 Å². The van der Waals surface area contributed by atoms with Crippen LogP contribution in [0.2, 0.25) is 0 Å². The van der Waals surface area contributed by atoms with Crippen LogP contribution in [-0.4, -0.2) is 13.0 Å². The largest absolute Gasteiger partial charge is 0.322 e. The van der Waals surface area contributed by atoms with Gasteiger partial charge in [-0.3, -0.25) is 4.79 Å². The smallest absolute Gasteiger partial charge is 0.258 e. The quantitative estimate of drug-likeness (QED) is 0.900. The maximum absolute atomic E-state index is 13.7. The Morgan fingerprint density at radius 3 is 2.67 bits per heavy atom. The Labute approximate surface area is 124 Å². The van der Waals surface area contributed by atoms with Crippen molar-refractivity contribution in [3.63, 3.8) is 0 Å². The van der Waals surface area contributed by atoms with Crippen molar-refractivity contribution in [3.8, 4) is 0 Å². The first-order chi connectivity index (χ1) is 10.0. The van der Waals surface area contributed by atoms with Gasteiger partial charge in [-0.25, -0.2) is 4.39 Å². The molecule has 110 valence electrons. The first kappa shape index (κ1) is 15.2. The summed E-state index contributed by atoms with van der Waals surface area (Å²) >= 11 is 0. The predicted octanol–water partition coefficient (Wildman–Crippen LogP) is 3.67. The van der Waals surface area contributed by atoms with Crippen LogP contribution in [0.1, 0.15) is 34.5 Å². The van der Waals surface area contributed by atoms with Gasteiger partial charge in [-0.2, -0.15) is 0 Å². The molecule has 0 saturated heterocycles. The molecule has 0 aromatic heterocycles. The highest BCUT2D eigenvalue weighted by Gasteiger charge is 2.12. The van der Waals surface area contributed by atoms with Gasteiger partial charge in [0.1, 0.15) is 5.82 Å². The summed E-state index contributed by atoms with van der Waals surface area (Å²) in [5, 5.41) is 5.88. The maximum atomic E-state index is 13.7. The first-order valence-electron chi connectivity index (χ1n) is 6.86. The van der Waals surface area contributed by atoms with Gasteiger partial charge in [0.15, 0.2) is 0 Å². The second-order valence-corrected chi connectivity index (χ2v) is 5.07. The van der Waals surface area contributed by atoms with Crippen LogP contribution < -0.4 is 10.6 Å². The highest BCUT2D eigenvalue weighted by molar-refractivity contribution is 6.04. The molecule has 0 heterocycles. The molecule has 2 aromatic rings. The van der Waals surface area contributed by atoms with Crippen LogP contribution in [-0.2, 0) is 0 Å². The normalized spacial score (nSPS) is 12.0. The molecule has 0 aliphatic rings. The SMILES string of the molecule is CNC(C)c1cccc(NC(=O)c2cc(C)ccc2F)c1. The van der Waals surface area contributed by atoms with E-state index in [1.165, 1.54) is 6.07 Å². The Hall–Kier alpha value is -2.20. The number of rotatable bonds is 4. The third-order valence-corrected chi connectivity index (χ3v) is 3.44. The summed E-state index contributed by atoms with van der Waals surface area (Å²) in [7, 11) is 1.87. The minimum Gasteiger partial charge on any atom is -0.322 e. The molecule has 1 amide bonds. The number of carbonyl (C=O) groups is 1. The highest BCUT2D eigenvalue weighted by atomic mass is 19.1. The molecule has 0 aliphatic heterocycles. The molecule has 21 heavy (non-hydrogen) atoms. The zero-order valence-electron chi connectivity index (χ0n) is 12.4. The molecule has 4 heteroatoms. The molecular formula is C17H19FN2O. The Morgan fingerprint density at radius 2 is 1.95 bits per heavy atom. The minimum atomic E-state index is -0.516. The number of aryl methyl sites for hydroxylation is 1. The molecule has 1 atom stereocenters. The number of carbonyl (C=O) groups excluding carboxylic acids is 1. The van der Waals surface area contributed by atoms with Crippen molar-refractivity contribution < 1.29 is 9.18 Å². The molecule has 2 N–H and O–H groups in total. The van der Waals surface area contributed by atoms with Gasteiger partial charge in [-0.15, -0.1) is 0 Å². The summed E-state index contributed by atoms with van der Waals surface area (Å²) in [6, 6.07) is 12.2. The average Bonchev–Trinajstić information content (AvgIpc) is 2.49. The van der Waals surface area contributed by atoms with Crippen molar-refractivity contribution in [3.05, 3.63) is 65.0 Å². The maximum Gasteiger partial charge on any atom is 0.258 e. The molecule has 0 bridgehead atoms. The van der Waals surface area contributed by atoms with E-state index in [0.29, 0.717) is 5.69 Å². The Morgan fingerprint density at radius 1 is 1.19 bits per heavy atom. The van der Waals surface area contributed by atoms with E-state index in [4.69, 9.17) is 0 Å². The van der Waals surface area contributed by atoms with Crippen molar-refractivity contribution >= 4 is 11.6 Å². The molecule has 0 spiro atoms. The van der Waals surface area contributed by atoms with E-state index in [-0.39, 0.29) is 11.6 Å². The lowest BCUT2D eigenvalue weighted by atomic mass is 10.1. The second-order valence-electron chi connectivity index (χ2n) is 5.07. The van der Waals surface area contributed by atoms with Crippen LogP contribution in [0.15, 0.2) is 42.5 Å². The summed E-state index contributed by atoms with van der Waals surface area (Å²) in [6.07, 6.45) is 0. The van der Waals surface area contributed by atoms with E-state index >= 15 is 0 Å². The molecule has 1 unspecified atom stereocenters. The molecule has 3 nitrogen and oxygen atoms in total. The molecule has 0 radical (unpaired) electrons. The number of anilines is 1. The molecule has 0 saturated carbocycles. The third kappa shape index (κ3) is 3.67. The Kier molecular flexibility index (Phi) is 4.70. The van der Waals surface area contributed by atoms with Gasteiger partial charge in [0.05, 0.1) is 5.56 Å². The molecule has 0 fully saturated rings. The summed E-state index contributed by atoms with van der Waals surface area (Å²) in [5.74, 6) is -0.955. The summed E-state index contributed by atoms with van der Waals surface area (Å²) in [4.78, 5) is 12.2. The van der Waals surface area contributed by atoms with Gasteiger partial charge in [0.2, 0.25) is 0 Å². The third-order valence-electron chi connectivity index (χ3n) is 3.44. The predicted molar refractivity (Wildman–Crippen MR) is 83.0 cm³/mol. The number of hydrogen-bond donors (Lipinski definition) is 2. The monoisotopic (exact) mass is 286 g/mol. The van der Waals surface area contributed by atoms with Crippen LogP contribution >= 0.6 is 0 Å². The molecule has 2 aromatic carbocycles. The highest BCUT2D eigenvalue weighted by Crippen LogP contribution is 2.18. The first-order valence-corrected chi connectivity index (χ1v) is 6.86. The van der Waals surface area contributed by atoms with Crippen molar-refractivity contribution in [1.82, 2.24) is 5.32 Å². The number of halogens is 1. The summed E-state index contributed by atoms with van der Waals surface area (Å²) in [6.45, 7) is 3.85. The van der Waals surface area contributed by atoms with Gasteiger partial charge in [0, 0.05) is 11.7 Å². The lowest BCUT2D eigenvalue weighted by Crippen LogP contribution is -2.15. The average molecular weight is 286 g/mol. The second kappa shape index (κ2) is 6.50. The van der Waals surface area contributed by atoms with Gasteiger partial charge in [-0.1, -0.05) is 23.8 Å². The number of benzene rings is 2. The number of hydrogen-bond acceptors (Lipinski definition) is 2. The van der Waals surface area contributed by atoms with E-state index in [1.807, 2.05) is 39.1 Å². The fourth-order valence-corrected chi connectivity index (χ4v) is 2.06. The number of amides is 1. The summed E-state index contributed by atoms with van der Waals surface area (Å²) in [5.41, 5.74) is 2.61. The Balaban J connectivity index is 2.21. The number of nitrogens with one attached hydrogen (secondary N) is 2. The standard InChI is InChI=1S/C17H19FN2O/c1-11-7-8-16(18)15(9-11)17(21)20-14-6-4-5-13(10-14)12(2)19-3/h4-10,12,19H,1-3H3,(H,20,21). The van der Waals surface area contributed by atoms with Gasteiger partial charge < -0.3 is 10.6 Å². The minimum absolute atomic E-state index is 0.0575. The summed E-state index contributed by atoms with van der Waals surface area (Å²) < 4.78 is 13.7. The fourth-order valence-electron chi connectivity index (χ4n) is 2.06. The van der Waals surface area contributed by atoms with E-state index in [2.05, 4.69) is 10.6 Å². The molecule has 2 rings (SSSR count). The van der Waals surface area contributed by atoms with Crippen LogP contribution in [0.3, 0.4) is 0 Å². The van der Waals surface area contributed by atoms with Gasteiger partial charge >= 0.3 is 0 Å². The van der Waals surface area contributed by atoms with E-state index < -0.39 is 11.7 Å². The van der Waals surface area contributed by atoms with Crippen LogP contribution in [0.4, 0.5) is 10.1 Å². The topological polar surface area (TPSA) is 41.1 Å². The molecular weight excluding hydrogens is 267 g/mol. The molecule has 0 aliphatic carbocycles. The zero-order valence-corrected chi connectivity index (χ0v) is 12.4. The zero-order chi connectivity index (χ0) is 15.4. The lowest BCUT2D eigenvalue weighted by molar-refractivity contribution is 0.102. The van der Waals surface area contributed by atoms with Crippen molar-refractivity contribution in [2.24, 2.45) is 0 Å². The van der Waals surface area contributed by atoms with Crippen LogP contribution in [0, 0.1) is 12.7 Å². The van der Waals surface area contributed by atoms with Crippen LogP contribution in [0.5, 0.6) is 0 Å². The van der Waals surface area contributed by atoms with Crippen molar-refractivity contribution in [2.45, 2.75) is 19.9 Å². The van der Waals surface area contributed by atoms with E-state index in [1.54, 1.807) is 18.2 Å². The van der Waals surface area contributed by atoms with E-state index in [0.717, 1.165) is 11.1 Å². The van der Waals surface area contributed by atoms with Crippen molar-refractivity contribution in [2.75, 3.05) is 12.4 Å². The lowest BCUT2D eigenvalue weighted by Gasteiger charge is -2.13. The fraction of sp³-hybridized carbons (Fsp3) is 0.235. The van der Waals surface area contributed by atoms with Gasteiger partial charge in [0.25, 0.3) is 5.91 Å². The Bertz CT molecular complexity index is 655.